The van der Waals surface area contributed by atoms with Crippen molar-refractivity contribution in [3.8, 4) is 17.2 Å². The highest BCUT2D eigenvalue weighted by molar-refractivity contribution is 5.93. The first kappa shape index (κ1) is 25.9. The van der Waals surface area contributed by atoms with E-state index in [0.717, 1.165) is 5.56 Å². The van der Waals surface area contributed by atoms with Crippen molar-refractivity contribution in [1.29, 1.82) is 0 Å². The highest BCUT2D eigenvalue weighted by Gasteiger charge is 2.24. The number of ether oxygens (including phenoxy) is 4. The molecule has 1 aliphatic rings. The van der Waals surface area contributed by atoms with E-state index in [1.807, 2.05) is 31.2 Å². The van der Waals surface area contributed by atoms with E-state index >= 15 is 0 Å². The zero-order chi connectivity index (χ0) is 26.0. The van der Waals surface area contributed by atoms with Gasteiger partial charge in [0.1, 0.15) is 18.1 Å². The molecule has 0 fully saturated rings. The summed E-state index contributed by atoms with van der Waals surface area (Å²) in [5, 5.41) is 2.86. The van der Waals surface area contributed by atoms with Gasteiger partial charge >= 0.3 is 6.03 Å². The molecule has 2 heterocycles. The molecule has 37 heavy (non-hydrogen) atoms. The summed E-state index contributed by atoms with van der Waals surface area (Å²) in [6, 6.07) is 15.9. The van der Waals surface area contributed by atoms with E-state index in [1.54, 1.807) is 48.6 Å². The van der Waals surface area contributed by atoms with Crippen molar-refractivity contribution in [3.05, 3.63) is 72.2 Å². The molecule has 0 bridgehead atoms. The van der Waals surface area contributed by atoms with Crippen molar-refractivity contribution in [2.45, 2.75) is 20.0 Å². The molecule has 0 unspecified atom stereocenters. The minimum Gasteiger partial charge on any atom is -0.492 e. The van der Waals surface area contributed by atoms with Crippen molar-refractivity contribution < 1.29 is 33.0 Å². The fourth-order valence-corrected chi connectivity index (χ4v) is 3.85. The van der Waals surface area contributed by atoms with E-state index in [2.05, 4.69) is 5.32 Å². The van der Waals surface area contributed by atoms with Crippen molar-refractivity contribution in [2.75, 3.05) is 45.5 Å². The topological polar surface area (TPSA) is 103 Å². The number of urea groups is 1. The molecule has 3 aromatic rings. The third-order valence-corrected chi connectivity index (χ3v) is 5.70. The number of hydrogen-bond acceptors (Lipinski definition) is 7. The first-order valence-corrected chi connectivity index (χ1v) is 12.0. The fourth-order valence-electron chi connectivity index (χ4n) is 3.85. The first-order valence-electron chi connectivity index (χ1n) is 12.0. The number of hydrogen-bond donors (Lipinski definition) is 1. The van der Waals surface area contributed by atoms with Crippen LogP contribution in [0.1, 0.15) is 18.2 Å². The smallest absolute Gasteiger partial charge is 0.322 e. The number of nitrogens with one attached hydrogen (secondary N) is 1. The molecule has 1 N–H and O–H groups in total. The summed E-state index contributed by atoms with van der Waals surface area (Å²) in [5.41, 5.74) is 1.39. The predicted molar refractivity (Wildman–Crippen MR) is 136 cm³/mol. The molecule has 1 aromatic heterocycles. The van der Waals surface area contributed by atoms with E-state index in [-0.39, 0.29) is 38.9 Å². The molecule has 0 aliphatic carbocycles. The normalized spacial score (nSPS) is 11.7. The Balaban J connectivity index is 1.50. The molecule has 10 heteroatoms. The van der Waals surface area contributed by atoms with E-state index < -0.39 is 6.03 Å². The SMILES string of the molecule is CCOc1ccccc1NC(=O)N(CCOC)CC(=O)N(Cc1ccc2c(c1)OCO2)Cc1ccco1. The lowest BCUT2D eigenvalue weighted by molar-refractivity contribution is -0.133. The Morgan fingerprint density at radius 3 is 2.62 bits per heavy atom. The van der Waals surface area contributed by atoms with Crippen molar-refractivity contribution in [1.82, 2.24) is 9.80 Å². The number of furan rings is 1. The summed E-state index contributed by atoms with van der Waals surface area (Å²) in [4.78, 5) is 29.8. The predicted octanol–water partition coefficient (Wildman–Crippen LogP) is 4.12. The van der Waals surface area contributed by atoms with Crippen LogP contribution in [0.15, 0.2) is 65.3 Å². The monoisotopic (exact) mass is 509 g/mol. The standard InChI is InChI=1S/C27H31N3O7/c1-3-34-23-9-5-4-8-22(23)28-27(32)29(12-14-33-2)18-26(31)30(17-21-7-6-13-35-21)16-20-10-11-24-25(15-20)37-19-36-24/h4-11,13,15H,3,12,14,16-19H2,1-2H3,(H,28,32). The molecule has 0 atom stereocenters. The molecule has 10 nitrogen and oxygen atoms in total. The van der Waals surface area contributed by atoms with E-state index in [1.165, 1.54) is 4.90 Å². The summed E-state index contributed by atoms with van der Waals surface area (Å²) in [7, 11) is 1.55. The minimum atomic E-state index is -0.432. The number of carbonyl (C=O) groups excluding carboxylic acids is 2. The maximum atomic E-state index is 13.5. The molecule has 3 amide bonds. The Bertz CT molecular complexity index is 1180. The van der Waals surface area contributed by atoms with Gasteiger partial charge in [0, 0.05) is 20.2 Å². The first-order chi connectivity index (χ1) is 18.1. The third kappa shape index (κ3) is 6.95. The molecule has 196 valence electrons. The molecule has 2 aromatic carbocycles. The van der Waals surface area contributed by atoms with Crippen LogP contribution in [0.25, 0.3) is 0 Å². The number of anilines is 1. The quantitative estimate of drug-likeness (QED) is 0.392. The van der Waals surface area contributed by atoms with E-state index in [0.29, 0.717) is 41.8 Å². The highest BCUT2D eigenvalue weighted by atomic mass is 16.7. The van der Waals surface area contributed by atoms with Crippen LogP contribution in [-0.2, 0) is 22.6 Å². The summed E-state index contributed by atoms with van der Waals surface area (Å²) in [5.74, 6) is 2.24. The van der Waals surface area contributed by atoms with Gasteiger partial charge in [-0.25, -0.2) is 4.79 Å². The van der Waals surface area contributed by atoms with Gasteiger partial charge in [0.25, 0.3) is 0 Å². The molecule has 0 spiro atoms. The van der Waals surface area contributed by atoms with Crippen LogP contribution in [0.5, 0.6) is 17.2 Å². The molecule has 0 saturated carbocycles. The van der Waals surface area contributed by atoms with Gasteiger partial charge in [-0.1, -0.05) is 18.2 Å². The number of carbonyl (C=O) groups is 2. The zero-order valence-corrected chi connectivity index (χ0v) is 21.0. The summed E-state index contributed by atoms with van der Waals surface area (Å²) in [6.07, 6.45) is 1.56. The summed E-state index contributed by atoms with van der Waals surface area (Å²) < 4.78 is 27.2. The van der Waals surface area contributed by atoms with Crippen LogP contribution in [0.3, 0.4) is 0 Å². The second-order valence-electron chi connectivity index (χ2n) is 8.29. The largest absolute Gasteiger partial charge is 0.492 e. The van der Waals surface area contributed by atoms with Crippen LogP contribution < -0.4 is 19.5 Å². The molecule has 0 radical (unpaired) electrons. The van der Waals surface area contributed by atoms with Gasteiger partial charge in [0.2, 0.25) is 12.7 Å². The average molecular weight is 510 g/mol. The van der Waals surface area contributed by atoms with E-state index in [4.69, 9.17) is 23.4 Å². The number of amides is 3. The Hall–Kier alpha value is -4.18. The lowest BCUT2D eigenvalue weighted by atomic mass is 10.2. The van der Waals surface area contributed by atoms with Crippen molar-refractivity contribution >= 4 is 17.6 Å². The highest BCUT2D eigenvalue weighted by Crippen LogP contribution is 2.33. The number of rotatable bonds is 12. The van der Waals surface area contributed by atoms with Crippen LogP contribution in [0.2, 0.25) is 0 Å². The van der Waals surface area contributed by atoms with Gasteiger partial charge in [0.15, 0.2) is 11.5 Å². The van der Waals surface area contributed by atoms with Crippen LogP contribution in [0, 0.1) is 0 Å². The van der Waals surface area contributed by atoms with Crippen LogP contribution in [0.4, 0.5) is 10.5 Å². The van der Waals surface area contributed by atoms with Crippen LogP contribution >= 0.6 is 0 Å². The van der Waals surface area contributed by atoms with E-state index in [9.17, 15) is 9.59 Å². The second-order valence-corrected chi connectivity index (χ2v) is 8.29. The van der Waals surface area contributed by atoms with Gasteiger partial charge in [-0.15, -0.1) is 0 Å². The van der Waals surface area contributed by atoms with Crippen LogP contribution in [-0.4, -0.2) is 61.9 Å². The molecule has 0 saturated heterocycles. The maximum Gasteiger partial charge on any atom is 0.322 e. The zero-order valence-electron chi connectivity index (χ0n) is 21.0. The lowest BCUT2D eigenvalue weighted by Crippen LogP contribution is -2.45. The fraction of sp³-hybridized carbons (Fsp3) is 0.333. The number of benzene rings is 2. The van der Waals surface area contributed by atoms with Gasteiger partial charge in [-0.2, -0.15) is 0 Å². The number of para-hydroxylation sites is 2. The molecule has 1 aliphatic heterocycles. The second kappa shape index (κ2) is 12.7. The van der Waals surface area contributed by atoms with Gasteiger partial charge in [-0.3, -0.25) is 4.79 Å². The maximum absolute atomic E-state index is 13.5. The van der Waals surface area contributed by atoms with Gasteiger partial charge in [-0.05, 0) is 48.9 Å². The Morgan fingerprint density at radius 2 is 1.84 bits per heavy atom. The Labute approximate surface area is 215 Å². The van der Waals surface area contributed by atoms with Crippen molar-refractivity contribution in [2.24, 2.45) is 0 Å². The third-order valence-electron chi connectivity index (χ3n) is 5.70. The Morgan fingerprint density at radius 1 is 1.00 bits per heavy atom. The Kier molecular flexibility index (Phi) is 8.88. The van der Waals surface area contributed by atoms with Gasteiger partial charge in [0.05, 0.1) is 31.7 Å². The number of nitrogens with zero attached hydrogens (tertiary/aromatic N) is 2. The molecule has 4 rings (SSSR count). The van der Waals surface area contributed by atoms with Gasteiger partial charge < -0.3 is 38.5 Å². The average Bonchev–Trinajstić information content (AvgIpc) is 3.59. The number of fused-ring (bicyclic) bond motifs is 1. The minimum absolute atomic E-state index is 0.156. The molecular formula is C27H31N3O7. The summed E-state index contributed by atoms with van der Waals surface area (Å²) in [6.45, 7) is 3.38. The molecular weight excluding hydrogens is 478 g/mol. The van der Waals surface area contributed by atoms with Crippen molar-refractivity contribution in [3.63, 3.8) is 0 Å². The summed E-state index contributed by atoms with van der Waals surface area (Å²) >= 11 is 0. The lowest BCUT2D eigenvalue weighted by Gasteiger charge is -2.27. The number of methoxy groups -OCH3 is 1.